The molecule has 86 valence electrons. The van der Waals surface area contributed by atoms with Crippen LogP contribution in [0, 0.1) is 0 Å². The molecule has 0 radical (unpaired) electrons. The van der Waals surface area contributed by atoms with Crippen LogP contribution in [0.5, 0.6) is 0 Å². The zero-order valence-corrected chi connectivity index (χ0v) is 10.4. The Morgan fingerprint density at radius 3 is 2.94 bits per heavy atom. The van der Waals surface area contributed by atoms with Gasteiger partial charge in [0.2, 0.25) is 5.91 Å². The van der Waals surface area contributed by atoms with Gasteiger partial charge in [0.1, 0.15) is 0 Å². The Labute approximate surface area is 101 Å². The molecule has 0 saturated heterocycles. The van der Waals surface area contributed by atoms with Crippen molar-refractivity contribution in [3.63, 3.8) is 0 Å². The van der Waals surface area contributed by atoms with Gasteiger partial charge in [-0.25, -0.2) is 0 Å². The SMILES string of the molecule is CC1CC(=O)N(C)c2ccc(CCCl)cc21. The van der Waals surface area contributed by atoms with Gasteiger partial charge in [-0.3, -0.25) is 4.79 Å². The molecule has 0 bridgehead atoms. The topological polar surface area (TPSA) is 20.3 Å². The fraction of sp³-hybridized carbons (Fsp3) is 0.462. The molecule has 1 unspecified atom stereocenters. The predicted molar refractivity (Wildman–Crippen MR) is 67.3 cm³/mol. The molecule has 1 heterocycles. The highest BCUT2D eigenvalue weighted by molar-refractivity contribution is 6.18. The molecule has 0 spiro atoms. The molecular formula is C13H16ClNO. The van der Waals surface area contributed by atoms with Gasteiger partial charge < -0.3 is 4.90 Å². The van der Waals surface area contributed by atoms with E-state index in [2.05, 4.69) is 19.1 Å². The van der Waals surface area contributed by atoms with Gasteiger partial charge in [-0.1, -0.05) is 19.1 Å². The second-order valence-electron chi connectivity index (χ2n) is 4.39. The second kappa shape index (κ2) is 4.46. The maximum absolute atomic E-state index is 11.7. The monoisotopic (exact) mass is 237 g/mol. The van der Waals surface area contributed by atoms with Crippen LogP contribution in [0.3, 0.4) is 0 Å². The van der Waals surface area contributed by atoms with Gasteiger partial charge >= 0.3 is 0 Å². The highest BCUT2D eigenvalue weighted by Crippen LogP contribution is 2.35. The van der Waals surface area contributed by atoms with Crippen LogP contribution in [0.4, 0.5) is 5.69 Å². The van der Waals surface area contributed by atoms with Crippen molar-refractivity contribution in [2.45, 2.75) is 25.7 Å². The summed E-state index contributed by atoms with van der Waals surface area (Å²) in [7, 11) is 1.84. The fourth-order valence-electron chi connectivity index (χ4n) is 2.21. The average Bonchev–Trinajstić information content (AvgIpc) is 2.27. The molecule has 1 aromatic rings. The number of hydrogen-bond donors (Lipinski definition) is 0. The summed E-state index contributed by atoms with van der Waals surface area (Å²) >= 11 is 5.74. The van der Waals surface area contributed by atoms with Crippen molar-refractivity contribution in [2.24, 2.45) is 0 Å². The lowest BCUT2D eigenvalue weighted by Crippen LogP contribution is -2.32. The number of rotatable bonds is 2. The summed E-state index contributed by atoms with van der Waals surface area (Å²) in [4.78, 5) is 13.4. The summed E-state index contributed by atoms with van der Waals surface area (Å²) in [6.07, 6.45) is 1.49. The van der Waals surface area contributed by atoms with E-state index in [1.165, 1.54) is 11.1 Å². The Hall–Kier alpha value is -1.02. The van der Waals surface area contributed by atoms with Gasteiger partial charge in [-0.15, -0.1) is 11.6 Å². The number of hydrogen-bond acceptors (Lipinski definition) is 1. The minimum Gasteiger partial charge on any atom is -0.315 e. The molecule has 0 fully saturated rings. The molecule has 1 aliphatic heterocycles. The molecule has 1 amide bonds. The van der Waals surface area contributed by atoms with Crippen LogP contribution in [0.25, 0.3) is 0 Å². The summed E-state index contributed by atoms with van der Waals surface area (Å²) in [5, 5.41) is 0. The first-order chi connectivity index (χ1) is 7.63. The maximum atomic E-state index is 11.7. The second-order valence-corrected chi connectivity index (χ2v) is 4.77. The standard InChI is InChI=1S/C13H16ClNO/c1-9-7-13(16)15(2)12-4-3-10(5-6-14)8-11(9)12/h3-4,8-9H,5-7H2,1-2H3. The van der Waals surface area contributed by atoms with Gasteiger partial charge in [0.15, 0.2) is 0 Å². The number of benzene rings is 1. The first-order valence-corrected chi connectivity index (χ1v) is 6.12. The van der Waals surface area contributed by atoms with Crippen LogP contribution in [0.2, 0.25) is 0 Å². The van der Waals surface area contributed by atoms with Gasteiger partial charge in [0.25, 0.3) is 0 Å². The van der Waals surface area contributed by atoms with Crippen molar-refractivity contribution in [1.82, 2.24) is 0 Å². The number of halogens is 1. The van der Waals surface area contributed by atoms with E-state index in [1.54, 1.807) is 4.90 Å². The molecule has 0 saturated carbocycles. The van der Waals surface area contributed by atoms with E-state index in [0.29, 0.717) is 18.2 Å². The molecule has 0 N–H and O–H groups in total. The number of carbonyl (C=O) groups is 1. The van der Waals surface area contributed by atoms with Gasteiger partial charge in [-0.2, -0.15) is 0 Å². The van der Waals surface area contributed by atoms with E-state index in [0.717, 1.165) is 12.1 Å². The Balaban J connectivity index is 2.41. The number of anilines is 1. The number of aryl methyl sites for hydroxylation is 1. The molecule has 1 atom stereocenters. The highest BCUT2D eigenvalue weighted by atomic mass is 35.5. The number of carbonyl (C=O) groups excluding carboxylic acids is 1. The minimum absolute atomic E-state index is 0.199. The van der Waals surface area contributed by atoms with E-state index < -0.39 is 0 Å². The lowest BCUT2D eigenvalue weighted by atomic mass is 9.89. The average molecular weight is 238 g/mol. The van der Waals surface area contributed by atoms with Crippen LogP contribution in [-0.4, -0.2) is 18.8 Å². The van der Waals surface area contributed by atoms with E-state index in [-0.39, 0.29) is 5.91 Å². The molecule has 3 heteroatoms. The summed E-state index contributed by atoms with van der Waals surface area (Å²) in [5.41, 5.74) is 3.56. The minimum atomic E-state index is 0.199. The maximum Gasteiger partial charge on any atom is 0.227 e. The quantitative estimate of drug-likeness (QED) is 0.725. The van der Waals surface area contributed by atoms with Crippen LogP contribution in [-0.2, 0) is 11.2 Å². The van der Waals surface area contributed by atoms with E-state index >= 15 is 0 Å². The van der Waals surface area contributed by atoms with Crippen molar-refractivity contribution < 1.29 is 4.79 Å². The molecule has 0 aliphatic carbocycles. The van der Waals surface area contributed by atoms with E-state index in [1.807, 2.05) is 13.1 Å². The smallest absolute Gasteiger partial charge is 0.227 e. The number of amides is 1. The first kappa shape index (κ1) is 11.5. The zero-order chi connectivity index (χ0) is 11.7. The Morgan fingerprint density at radius 1 is 1.50 bits per heavy atom. The van der Waals surface area contributed by atoms with Crippen molar-refractivity contribution in [1.29, 1.82) is 0 Å². The lowest BCUT2D eigenvalue weighted by Gasteiger charge is -2.30. The Bertz CT molecular complexity index is 416. The molecule has 1 aliphatic rings. The molecule has 2 nitrogen and oxygen atoms in total. The molecule has 0 aromatic heterocycles. The van der Waals surface area contributed by atoms with Crippen LogP contribution < -0.4 is 4.90 Å². The molecular weight excluding hydrogens is 222 g/mol. The predicted octanol–water partition coefficient (Wildman–Crippen LogP) is 2.94. The summed E-state index contributed by atoms with van der Waals surface area (Å²) < 4.78 is 0. The number of fused-ring (bicyclic) bond motifs is 1. The van der Waals surface area contributed by atoms with Crippen molar-refractivity contribution >= 4 is 23.2 Å². The summed E-state index contributed by atoms with van der Waals surface area (Å²) in [6.45, 7) is 2.11. The molecule has 1 aromatic carbocycles. The molecule has 16 heavy (non-hydrogen) atoms. The van der Waals surface area contributed by atoms with Crippen LogP contribution in [0.1, 0.15) is 30.4 Å². The lowest BCUT2D eigenvalue weighted by molar-refractivity contribution is -0.119. The number of nitrogens with zero attached hydrogens (tertiary/aromatic N) is 1. The van der Waals surface area contributed by atoms with E-state index in [9.17, 15) is 4.79 Å². The fourth-order valence-corrected chi connectivity index (χ4v) is 2.43. The van der Waals surface area contributed by atoms with Gasteiger partial charge in [0, 0.05) is 25.0 Å². The van der Waals surface area contributed by atoms with Crippen molar-refractivity contribution in [3.8, 4) is 0 Å². The third-order valence-electron chi connectivity index (χ3n) is 3.22. The Kier molecular flexibility index (Phi) is 3.20. The third-order valence-corrected chi connectivity index (χ3v) is 3.41. The van der Waals surface area contributed by atoms with E-state index in [4.69, 9.17) is 11.6 Å². The summed E-state index contributed by atoms with van der Waals surface area (Å²) in [5.74, 6) is 1.15. The van der Waals surface area contributed by atoms with Crippen molar-refractivity contribution in [3.05, 3.63) is 29.3 Å². The van der Waals surface area contributed by atoms with Crippen LogP contribution in [0.15, 0.2) is 18.2 Å². The molecule has 2 rings (SSSR count). The van der Waals surface area contributed by atoms with Crippen molar-refractivity contribution in [2.75, 3.05) is 17.8 Å². The Morgan fingerprint density at radius 2 is 2.25 bits per heavy atom. The number of alkyl halides is 1. The normalized spacial score (nSPS) is 19.8. The first-order valence-electron chi connectivity index (χ1n) is 5.59. The largest absolute Gasteiger partial charge is 0.315 e. The van der Waals surface area contributed by atoms with Gasteiger partial charge in [0.05, 0.1) is 0 Å². The highest BCUT2D eigenvalue weighted by Gasteiger charge is 2.26. The zero-order valence-electron chi connectivity index (χ0n) is 9.66. The van der Waals surface area contributed by atoms with Gasteiger partial charge in [-0.05, 0) is 29.5 Å². The third kappa shape index (κ3) is 1.94. The summed E-state index contributed by atoms with van der Waals surface area (Å²) in [6, 6.07) is 6.28. The van der Waals surface area contributed by atoms with Crippen LogP contribution >= 0.6 is 11.6 Å².